The zero-order chi connectivity index (χ0) is 23.5. The van der Waals surface area contributed by atoms with E-state index in [4.69, 9.17) is 5.73 Å². The summed E-state index contributed by atoms with van der Waals surface area (Å²) < 4.78 is 16.6. The van der Waals surface area contributed by atoms with Crippen molar-refractivity contribution in [3.63, 3.8) is 0 Å². The second-order valence-electron chi connectivity index (χ2n) is 9.64. The van der Waals surface area contributed by atoms with Crippen LogP contribution >= 0.6 is 0 Å². The average Bonchev–Trinajstić information content (AvgIpc) is 3.27. The zero-order valence-electron chi connectivity index (χ0n) is 19.8. The van der Waals surface area contributed by atoms with Crippen LogP contribution in [0.4, 0.5) is 4.39 Å². The fourth-order valence-electron chi connectivity index (χ4n) is 5.49. The van der Waals surface area contributed by atoms with Crippen molar-refractivity contribution >= 4 is 16.9 Å². The van der Waals surface area contributed by atoms with E-state index in [1.54, 1.807) is 12.3 Å². The third kappa shape index (κ3) is 4.72. The Morgan fingerprint density at radius 1 is 1.06 bits per heavy atom. The summed E-state index contributed by atoms with van der Waals surface area (Å²) >= 11 is 0. The molecule has 2 N–H and O–H groups in total. The topological polar surface area (TPSA) is 67.4 Å². The number of aromatic nitrogens is 2. The van der Waals surface area contributed by atoms with Gasteiger partial charge in [0.25, 0.3) is 5.91 Å². The minimum atomic E-state index is -0.178. The van der Waals surface area contributed by atoms with Crippen molar-refractivity contribution in [3.8, 4) is 0 Å². The largest absolute Gasteiger partial charge is 0.344 e. The van der Waals surface area contributed by atoms with Gasteiger partial charge in [0, 0.05) is 45.1 Å². The molecular weight excluding hydrogens is 429 g/mol. The summed E-state index contributed by atoms with van der Waals surface area (Å²) in [5.74, 6) is -0.0439. The summed E-state index contributed by atoms with van der Waals surface area (Å²) in [5.41, 5.74) is 9.88. The molecule has 2 saturated heterocycles. The van der Waals surface area contributed by atoms with Crippen LogP contribution in [0.15, 0.2) is 42.7 Å². The van der Waals surface area contributed by atoms with Gasteiger partial charge >= 0.3 is 0 Å². The lowest BCUT2D eigenvalue weighted by Crippen LogP contribution is -2.38. The van der Waals surface area contributed by atoms with Gasteiger partial charge in [-0.25, -0.2) is 4.39 Å². The van der Waals surface area contributed by atoms with Gasteiger partial charge in [-0.05, 0) is 74.0 Å². The van der Waals surface area contributed by atoms with Crippen LogP contribution in [0.2, 0.25) is 0 Å². The van der Waals surface area contributed by atoms with Crippen molar-refractivity contribution in [1.29, 1.82) is 0 Å². The predicted octanol–water partition coefficient (Wildman–Crippen LogP) is 4.14. The monoisotopic (exact) mass is 463 g/mol. The first-order chi connectivity index (χ1) is 16.6. The quantitative estimate of drug-likeness (QED) is 0.597. The lowest BCUT2D eigenvalue weighted by atomic mass is 9.88. The van der Waals surface area contributed by atoms with Crippen LogP contribution in [-0.4, -0.2) is 58.0 Å². The number of benzene rings is 1. The van der Waals surface area contributed by atoms with E-state index < -0.39 is 0 Å². The first-order valence-electron chi connectivity index (χ1n) is 12.6. The van der Waals surface area contributed by atoms with Crippen LogP contribution in [0.3, 0.4) is 0 Å². The number of carbonyl (C=O) groups is 1. The number of nitrogens with two attached hydrogens (primary N) is 1. The highest BCUT2D eigenvalue weighted by Crippen LogP contribution is 2.32. The lowest BCUT2D eigenvalue weighted by molar-refractivity contribution is 0.0714. The van der Waals surface area contributed by atoms with Crippen molar-refractivity contribution in [2.75, 3.05) is 32.7 Å². The molecule has 2 fully saturated rings. The van der Waals surface area contributed by atoms with Gasteiger partial charge in [0.1, 0.15) is 11.3 Å². The number of amides is 1. The van der Waals surface area contributed by atoms with Crippen molar-refractivity contribution < 1.29 is 9.18 Å². The minimum absolute atomic E-state index is 0.0232. The number of pyridine rings is 1. The molecule has 180 valence electrons. The maximum absolute atomic E-state index is 14.5. The van der Waals surface area contributed by atoms with Crippen LogP contribution in [-0.2, 0) is 13.1 Å². The molecule has 3 aromatic rings. The number of likely N-dealkylation sites (tertiary alicyclic amines) is 2. The Morgan fingerprint density at radius 3 is 2.62 bits per heavy atom. The molecule has 0 saturated carbocycles. The van der Waals surface area contributed by atoms with E-state index in [1.807, 2.05) is 23.2 Å². The first-order valence-corrected chi connectivity index (χ1v) is 12.6. The number of rotatable bonds is 6. The fraction of sp³-hybridized carbons (Fsp3) is 0.481. The number of hydrogen-bond acceptors (Lipinski definition) is 4. The van der Waals surface area contributed by atoms with Gasteiger partial charge in [-0.2, -0.15) is 0 Å². The second kappa shape index (κ2) is 10.2. The molecule has 0 radical (unpaired) electrons. The van der Waals surface area contributed by atoms with Crippen molar-refractivity contribution in [2.45, 2.75) is 51.1 Å². The van der Waals surface area contributed by atoms with Gasteiger partial charge < -0.3 is 20.1 Å². The number of hydrogen-bond donors (Lipinski definition) is 1. The lowest BCUT2D eigenvalue weighted by Gasteiger charge is -2.32. The van der Waals surface area contributed by atoms with Crippen molar-refractivity contribution in [1.82, 2.24) is 19.4 Å². The number of nitrogens with zero attached hydrogens (tertiary/aromatic N) is 4. The Morgan fingerprint density at radius 2 is 1.85 bits per heavy atom. The minimum Gasteiger partial charge on any atom is -0.344 e. The standard InChI is InChI=1S/C27H34FN5O/c28-24-7-6-20(18-29)17-22(24)21-8-13-32(14-9-21)27(34)23-19-33(25-5-4-10-30-26(23)25)16-15-31-11-2-1-3-12-31/h4-7,10,17,19,21H,1-3,8-9,11-16,18,29H2. The van der Waals surface area contributed by atoms with Gasteiger partial charge in [-0.1, -0.05) is 18.6 Å². The Labute approximate surface area is 200 Å². The van der Waals surface area contributed by atoms with E-state index in [-0.39, 0.29) is 17.6 Å². The molecule has 0 unspecified atom stereocenters. The molecule has 0 atom stereocenters. The van der Waals surface area contributed by atoms with E-state index >= 15 is 0 Å². The molecule has 2 aliphatic rings. The van der Waals surface area contributed by atoms with E-state index in [9.17, 15) is 9.18 Å². The Kier molecular flexibility index (Phi) is 6.92. The van der Waals surface area contributed by atoms with Gasteiger partial charge in [0.15, 0.2) is 0 Å². The normalized spacial score (nSPS) is 18.0. The number of halogens is 1. The maximum Gasteiger partial charge on any atom is 0.257 e. The molecule has 1 amide bonds. The van der Waals surface area contributed by atoms with E-state index in [1.165, 1.54) is 25.3 Å². The molecule has 0 aliphatic carbocycles. The summed E-state index contributed by atoms with van der Waals surface area (Å²) in [4.78, 5) is 22.5. The van der Waals surface area contributed by atoms with Crippen LogP contribution < -0.4 is 5.73 Å². The smallest absolute Gasteiger partial charge is 0.257 e. The van der Waals surface area contributed by atoms with Gasteiger partial charge in [0.2, 0.25) is 0 Å². The molecule has 2 aromatic heterocycles. The van der Waals surface area contributed by atoms with Crippen LogP contribution in [0.1, 0.15) is 59.5 Å². The molecule has 2 aliphatic heterocycles. The van der Waals surface area contributed by atoms with Crippen molar-refractivity contribution in [2.24, 2.45) is 5.73 Å². The third-order valence-electron chi connectivity index (χ3n) is 7.49. The van der Waals surface area contributed by atoms with Gasteiger partial charge in [0.05, 0.1) is 11.1 Å². The molecule has 0 spiro atoms. The van der Waals surface area contributed by atoms with E-state index in [0.29, 0.717) is 25.2 Å². The predicted molar refractivity (Wildman–Crippen MR) is 132 cm³/mol. The molecule has 34 heavy (non-hydrogen) atoms. The number of carbonyl (C=O) groups excluding carboxylic acids is 1. The van der Waals surface area contributed by atoms with Gasteiger partial charge in [-0.3, -0.25) is 9.78 Å². The van der Waals surface area contributed by atoms with Crippen LogP contribution in [0.25, 0.3) is 11.0 Å². The Balaban J connectivity index is 1.29. The number of fused-ring (bicyclic) bond motifs is 1. The maximum atomic E-state index is 14.5. The Bertz CT molecular complexity index is 1150. The van der Waals surface area contributed by atoms with Gasteiger partial charge in [-0.15, -0.1) is 0 Å². The zero-order valence-corrected chi connectivity index (χ0v) is 19.8. The highest BCUT2D eigenvalue weighted by Gasteiger charge is 2.28. The summed E-state index contributed by atoms with van der Waals surface area (Å²) in [6.45, 7) is 5.80. The van der Waals surface area contributed by atoms with Crippen LogP contribution in [0.5, 0.6) is 0 Å². The summed E-state index contributed by atoms with van der Waals surface area (Å²) in [6.07, 6.45) is 9.11. The summed E-state index contributed by atoms with van der Waals surface area (Å²) in [6, 6.07) is 9.13. The highest BCUT2D eigenvalue weighted by atomic mass is 19.1. The molecule has 6 nitrogen and oxygen atoms in total. The molecule has 0 bridgehead atoms. The van der Waals surface area contributed by atoms with E-state index in [2.05, 4.69) is 20.5 Å². The summed E-state index contributed by atoms with van der Waals surface area (Å²) in [7, 11) is 0. The molecular formula is C27H34FN5O. The average molecular weight is 464 g/mol. The second-order valence-corrected chi connectivity index (χ2v) is 9.64. The molecule has 1 aromatic carbocycles. The molecule has 4 heterocycles. The third-order valence-corrected chi connectivity index (χ3v) is 7.49. The SMILES string of the molecule is NCc1ccc(F)c(C2CCN(C(=O)c3cn(CCN4CCCCC4)c4cccnc34)CC2)c1. The molecule has 7 heteroatoms. The molecule has 5 rings (SSSR count). The first kappa shape index (κ1) is 23.0. The van der Waals surface area contributed by atoms with E-state index in [0.717, 1.165) is 61.2 Å². The highest BCUT2D eigenvalue weighted by molar-refractivity contribution is 6.05. The van der Waals surface area contributed by atoms with Crippen molar-refractivity contribution in [3.05, 3.63) is 65.2 Å². The Hall–Kier alpha value is -2.77. The fourth-order valence-corrected chi connectivity index (χ4v) is 5.49. The van der Waals surface area contributed by atoms with Crippen LogP contribution in [0, 0.1) is 5.82 Å². The summed E-state index contributed by atoms with van der Waals surface area (Å²) in [5, 5.41) is 0. The number of piperidine rings is 2.